The number of carbonyl (C=O) groups excluding carboxylic acids is 1. The highest BCUT2D eigenvalue weighted by molar-refractivity contribution is 8.00. The topological polar surface area (TPSA) is 140 Å². The Morgan fingerprint density at radius 3 is 2.91 bits per heavy atom. The molecular formula is C20H15N7O3S2. The normalized spacial score (nSPS) is 12.4. The van der Waals surface area contributed by atoms with Crippen LogP contribution in [0.1, 0.15) is 13.3 Å². The predicted molar refractivity (Wildman–Crippen MR) is 124 cm³/mol. The zero-order valence-corrected chi connectivity index (χ0v) is 18.2. The number of thiazole rings is 1. The van der Waals surface area contributed by atoms with Crippen molar-refractivity contribution in [1.29, 1.82) is 0 Å². The molecule has 0 unspecified atom stereocenters. The van der Waals surface area contributed by atoms with Crippen molar-refractivity contribution in [3.05, 3.63) is 52.6 Å². The van der Waals surface area contributed by atoms with E-state index in [0.717, 1.165) is 10.9 Å². The highest BCUT2D eigenvalue weighted by Crippen LogP contribution is 2.31. The second kappa shape index (κ2) is 8.13. The highest BCUT2D eigenvalue weighted by atomic mass is 32.2. The number of H-pyrrole nitrogens is 1. The molecule has 0 aliphatic heterocycles. The van der Waals surface area contributed by atoms with Crippen LogP contribution in [0.15, 0.2) is 47.6 Å². The number of nitro groups is 1. The van der Waals surface area contributed by atoms with Crippen LogP contribution in [0.3, 0.4) is 0 Å². The highest BCUT2D eigenvalue weighted by Gasteiger charge is 2.22. The lowest BCUT2D eigenvalue weighted by Crippen LogP contribution is -2.24. The fraction of sp³-hybridized carbons (Fsp3) is 0.150. The number of hydrogen-bond donors (Lipinski definition) is 2. The summed E-state index contributed by atoms with van der Waals surface area (Å²) in [6.45, 7) is 1.90. The Balaban J connectivity index is 1.35. The van der Waals surface area contributed by atoms with Crippen LogP contribution in [-0.4, -0.2) is 41.2 Å². The van der Waals surface area contributed by atoms with Crippen molar-refractivity contribution >= 4 is 72.1 Å². The summed E-state index contributed by atoms with van der Waals surface area (Å²) in [6.07, 6.45) is 0.543. The fourth-order valence-corrected chi connectivity index (χ4v) is 4.99. The second-order valence-corrected chi connectivity index (χ2v) is 9.09. The molecule has 3 aromatic heterocycles. The number of nitrogens with one attached hydrogen (secondary N) is 2. The van der Waals surface area contributed by atoms with Crippen LogP contribution in [-0.2, 0) is 4.79 Å². The molecule has 0 aliphatic carbocycles. The van der Waals surface area contributed by atoms with Crippen molar-refractivity contribution in [1.82, 2.24) is 25.1 Å². The van der Waals surface area contributed by atoms with Crippen LogP contribution in [0.25, 0.3) is 32.3 Å². The Morgan fingerprint density at radius 1 is 1.25 bits per heavy atom. The van der Waals surface area contributed by atoms with Crippen LogP contribution >= 0.6 is 23.1 Å². The number of rotatable bonds is 6. The lowest BCUT2D eigenvalue weighted by molar-refractivity contribution is -0.384. The van der Waals surface area contributed by atoms with E-state index in [9.17, 15) is 14.9 Å². The van der Waals surface area contributed by atoms with E-state index in [1.165, 1.54) is 35.2 Å². The molecule has 0 aliphatic rings. The number of amides is 1. The molecule has 32 heavy (non-hydrogen) atoms. The maximum Gasteiger partial charge on any atom is 0.270 e. The molecule has 0 spiro atoms. The first-order chi connectivity index (χ1) is 15.5. The standard InChI is InChI=1S/C20H15N7O3S2/c1-2-14(18(28)24-19-22-13-8-7-10(27(29)30)9-15(13)32-19)31-20-23-17-16(25-26-20)11-5-3-4-6-12(11)21-17/h3-9,14H,2H2,1H3,(H,21,23,26)(H,22,24,28)/t14-/m1/s1. The zero-order valence-electron chi connectivity index (χ0n) is 16.6. The van der Waals surface area contributed by atoms with Crippen LogP contribution in [0.5, 0.6) is 0 Å². The van der Waals surface area contributed by atoms with Gasteiger partial charge in [0.15, 0.2) is 10.8 Å². The number of benzene rings is 2. The Kier molecular flexibility index (Phi) is 5.15. The number of aromatic amines is 1. The summed E-state index contributed by atoms with van der Waals surface area (Å²) < 4.78 is 0.631. The molecule has 0 saturated heterocycles. The Bertz CT molecular complexity index is 1500. The minimum atomic E-state index is -0.459. The van der Waals surface area contributed by atoms with Gasteiger partial charge in [0, 0.05) is 23.0 Å². The third-order valence-corrected chi connectivity index (χ3v) is 6.98. The van der Waals surface area contributed by atoms with Crippen molar-refractivity contribution in [2.45, 2.75) is 23.8 Å². The van der Waals surface area contributed by atoms with E-state index in [0.29, 0.717) is 38.1 Å². The first-order valence-corrected chi connectivity index (χ1v) is 11.3. The number of non-ortho nitro benzene ring substituents is 1. The average Bonchev–Trinajstić information content (AvgIpc) is 3.36. The van der Waals surface area contributed by atoms with E-state index in [2.05, 4.69) is 30.5 Å². The van der Waals surface area contributed by atoms with Gasteiger partial charge in [0.1, 0.15) is 5.52 Å². The molecule has 5 aromatic rings. The monoisotopic (exact) mass is 465 g/mol. The summed E-state index contributed by atoms with van der Waals surface area (Å²) in [6, 6.07) is 12.2. The maximum atomic E-state index is 12.8. The number of para-hydroxylation sites is 1. The number of carbonyl (C=O) groups is 1. The molecule has 2 N–H and O–H groups in total. The summed E-state index contributed by atoms with van der Waals surface area (Å²) in [5.41, 5.74) is 2.80. The average molecular weight is 466 g/mol. The van der Waals surface area contributed by atoms with Crippen molar-refractivity contribution in [3.8, 4) is 0 Å². The molecular weight excluding hydrogens is 450 g/mol. The molecule has 1 atom stereocenters. The molecule has 160 valence electrons. The lowest BCUT2D eigenvalue weighted by Gasteiger charge is -2.11. The van der Waals surface area contributed by atoms with Crippen molar-refractivity contribution < 1.29 is 9.72 Å². The molecule has 5 rings (SSSR count). The fourth-order valence-electron chi connectivity index (χ4n) is 3.27. The molecule has 12 heteroatoms. The van der Waals surface area contributed by atoms with Gasteiger partial charge in [0.2, 0.25) is 11.1 Å². The van der Waals surface area contributed by atoms with E-state index in [4.69, 9.17) is 0 Å². The Labute approximate surface area is 188 Å². The van der Waals surface area contributed by atoms with Crippen molar-refractivity contribution in [2.75, 3.05) is 5.32 Å². The summed E-state index contributed by atoms with van der Waals surface area (Å²) in [7, 11) is 0. The third-order valence-electron chi connectivity index (χ3n) is 4.83. The van der Waals surface area contributed by atoms with E-state index < -0.39 is 10.2 Å². The smallest absolute Gasteiger partial charge is 0.270 e. The summed E-state index contributed by atoms with van der Waals surface area (Å²) in [5.74, 6) is -0.244. The van der Waals surface area contributed by atoms with Gasteiger partial charge >= 0.3 is 0 Å². The van der Waals surface area contributed by atoms with Gasteiger partial charge in [-0.3, -0.25) is 14.9 Å². The van der Waals surface area contributed by atoms with Crippen LogP contribution in [0.2, 0.25) is 0 Å². The minimum Gasteiger partial charge on any atom is -0.338 e. The van der Waals surface area contributed by atoms with Gasteiger partial charge in [0.25, 0.3) is 5.69 Å². The SMILES string of the molecule is CC[C@@H](Sc1nnc2c(n1)[nH]c1ccccc12)C(=O)Nc1nc2ccc([N+](=O)[O-])cc2s1. The molecule has 0 fully saturated rings. The number of thioether (sulfide) groups is 1. The number of nitro benzene ring substituents is 1. The number of anilines is 1. The first kappa shape index (κ1) is 20.3. The Hall–Kier alpha value is -3.64. The molecule has 2 aromatic carbocycles. The van der Waals surface area contributed by atoms with Gasteiger partial charge in [-0.2, -0.15) is 0 Å². The van der Waals surface area contributed by atoms with Crippen LogP contribution in [0.4, 0.5) is 10.8 Å². The van der Waals surface area contributed by atoms with E-state index in [-0.39, 0.29) is 11.6 Å². The van der Waals surface area contributed by atoms with E-state index >= 15 is 0 Å². The Morgan fingerprint density at radius 2 is 2.09 bits per heavy atom. The predicted octanol–water partition coefficient (Wildman–Crippen LogP) is 4.53. The number of fused-ring (bicyclic) bond motifs is 4. The molecule has 0 saturated carbocycles. The summed E-state index contributed by atoms with van der Waals surface area (Å²) in [5, 5.41) is 23.5. The number of nitrogens with zero attached hydrogens (tertiary/aromatic N) is 5. The van der Waals surface area contributed by atoms with Gasteiger partial charge in [-0.1, -0.05) is 48.2 Å². The van der Waals surface area contributed by atoms with Crippen LogP contribution in [0, 0.1) is 10.1 Å². The van der Waals surface area contributed by atoms with Gasteiger partial charge in [-0.15, -0.1) is 10.2 Å². The van der Waals surface area contributed by atoms with E-state index in [1.807, 2.05) is 31.2 Å². The van der Waals surface area contributed by atoms with Gasteiger partial charge < -0.3 is 10.3 Å². The van der Waals surface area contributed by atoms with Crippen LogP contribution < -0.4 is 5.32 Å². The molecule has 1 amide bonds. The van der Waals surface area contributed by atoms with Crippen molar-refractivity contribution in [2.24, 2.45) is 0 Å². The zero-order chi connectivity index (χ0) is 22.2. The maximum absolute atomic E-state index is 12.8. The molecule has 0 radical (unpaired) electrons. The quantitative estimate of drug-likeness (QED) is 0.212. The molecule has 10 nitrogen and oxygen atoms in total. The van der Waals surface area contributed by atoms with Gasteiger partial charge in [-0.25, -0.2) is 9.97 Å². The van der Waals surface area contributed by atoms with Crippen molar-refractivity contribution in [3.63, 3.8) is 0 Å². The van der Waals surface area contributed by atoms with Gasteiger partial charge in [-0.05, 0) is 18.6 Å². The summed E-state index contributed by atoms with van der Waals surface area (Å²) >= 11 is 2.42. The second-order valence-electron chi connectivity index (χ2n) is 6.89. The lowest BCUT2D eigenvalue weighted by atomic mass is 10.2. The summed E-state index contributed by atoms with van der Waals surface area (Å²) in [4.78, 5) is 35.4. The molecule has 3 heterocycles. The largest absolute Gasteiger partial charge is 0.338 e. The first-order valence-electron chi connectivity index (χ1n) is 9.65. The minimum absolute atomic E-state index is 0.0157. The molecule has 0 bridgehead atoms. The van der Waals surface area contributed by atoms with E-state index in [1.54, 1.807) is 6.07 Å². The number of hydrogen-bond acceptors (Lipinski definition) is 9. The number of aromatic nitrogens is 5. The third kappa shape index (κ3) is 3.74. The van der Waals surface area contributed by atoms with Gasteiger partial charge in [0.05, 0.1) is 20.4 Å².